The van der Waals surface area contributed by atoms with Crippen LogP contribution in [-0.2, 0) is 0 Å². The van der Waals surface area contributed by atoms with Crippen LogP contribution in [0.5, 0.6) is 0 Å². The molecule has 0 amide bonds. The largest absolute Gasteiger partial charge is 0.397 e. The molecule has 2 rings (SSSR count). The third kappa shape index (κ3) is 3.28. The van der Waals surface area contributed by atoms with Crippen LogP contribution < -0.4 is 11.1 Å². The van der Waals surface area contributed by atoms with Crippen molar-refractivity contribution >= 4 is 38.6 Å². The SMILES string of the molecule is CC(C)C(Nc1cc(F)c(Br)cc1N)c1cccs1. The van der Waals surface area contributed by atoms with E-state index in [9.17, 15) is 4.39 Å². The maximum absolute atomic E-state index is 13.6. The zero-order valence-electron chi connectivity index (χ0n) is 10.8. The Morgan fingerprint density at radius 2 is 2.11 bits per heavy atom. The summed E-state index contributed by atoms with van der Waals surface area (Å²) < 4.78 is 14.0. The lowest BCUT2D eigenvalue weighted by Gasteiger charge is -2.23. The van der Waals surface area contributed by atoms with Gasteiger partial charge in [0.15, 0.2) is 0 Å². The van der Waals surface area contributed by atoms with E-state index in [0.717, 1.165) is 0 Å². The number of nitrogens with two attached hydrogens (primary N) is 1. The maximum Gasteiger partial charge on any atom is 0.139 e. The molecular weight excluding hydrogens is 327 g/mol. The number of anilines is 2. The molecule has 2 nitrogen and oxygen atoms in total. The lowest BCUT2D eigenvalue weighted by molar-refractivity contribution is 0.553. The molecule has 1 aromatic carbocycles. The van der Waals surface area contributed by atoms with Gasteiger partial charge in [0.05, 0.1) is 21.9 Å². The van der Waals surface area contributed by atoms with E-state index in [1.165, 1.54) is 10.9 Å². The second-order valence-electron chi connectivity index (χ2n) is 4.74. The van der Waals surface area contributed by atoms with E-state index in [0.29, 0.717) is 21.8 Å². The van der Waals surface area contributed by atoms with Crippen molar-refractivity contribution in [2.75, 3.05) is 11.1 Å². The zero-order valence-corrected chi connectivity index (χ0v) is 13.2. The van der Waals surface area contributed by atoms with Gasteiger partial charge in [-0.2, -0.15) is 0 Å². The minimum atomic E-state index is -0.314. The number of hydrogen-bond donors (Lipinski definition) is 2. The van der Waals surface area contributed by atoms with E-state index in [1.807, 2.05) is 11.4 Å². The van der Waals surface area contributed by atoms with Gasteiger partial charge in [0.2, 0.25) is 0 Å². The summed E-state index contributed by atoms with van der Waals surface area (Å²) in [7, 11) is 0. The molecule has 5 heteroatoms. The lowest BCUT2D eigenvalue weighted by atomic mass is 10.0. The van der Waals surface area contributed by atoms with Gasteiger partial charge in [0, 0.05) is 10.9 Å². The van der Waals surface area contributed by atoms with Crippen molar-refractivity contribution in [1.82, 2.24) is 0 Å². The molecule has 2 aromatic rings. The molecule has 0 spiro atoms. The zero-order chi connectivity index (χ0) is 14.0. The van der Waals surface area contributed by atoms with Gasteiger partial charge in [-0.05, 0) is 39.4 Å². The van der Waals surface area contributed by atoms with Crippen molar-refractivity contribution < 1.29 is 4.39 Å². The minimum absolute atomic E-state index is 0.128. The first-order chi connectivity index (χ1) is 8.99. The van der Waals surface area contributed by atoms with Crippen LogP contribution in [0.4, 0.5) is 15.8 Å². The molecule has 1 heterocycles. The van der Waals surface area contributed by atoms with Gasteiger partial charge in [0.25, 0.3) is 0 Å². The highest BCUT2D eigenvalue weighted by Gasteiger charge is 2.18. The monoisotopic (exact) mass is 342 g/mol. The highest BCUT2D eigenvalue weighted by molar-refractivity contribution is 9.10. The van der Waals surface area contributed by atoms with E-state index in [-0.39, 0.29) is 11.9 Å². The number of thiophene rings is 1. The second-order valence-corrected chi connectivity index (χ2v) is 6.57. The van der Waals surface area contributed by atoms with E-state index in [1.54, 1.807) is 17.4 Å². The van der Waals surface area contributed by atoms with Gasteiger partial charge >= 0.3 is 0 Å². The maximum atomic E-state index is 13.6. The molecule has 0 fully saturated rings. The first-order valence-corrected chi connectivity index (χ1v) is 7.70. The first kappa shape index (κ1) is 14.3. The van der Waals surface area contributed by atoms with E-state index < -0.39 is 0 Å². The van der Waals surface area contributed by atoms with Crippen LogP contribution in [0.3, 0.4) is 0 Å². The summed E-state index contributed by atoms with van der Waals surface area (Å²) in [5, 5.41) is 5.38. The van der Waals surface area contributed by atoms with Gasteiger partial charge in [-0.3, -0.25) is 0 Å². The Morgan fingerprint density at radius 1 is 1.37 bits per heavy atom. The van der Waals surface area contributed by atoms with Gasteiger partial charge < -0.3 is 11.1 Å². The van der Waals surface area contributed by atoms with Crippen LogP contribution in [0.2, 0.25) is 0 Å². The molecule has 0 radical (unpaired) electrons. The number of nitrogens with one attached hydrogen (secondary N) is 1. The summed E-state index contributed by atoms with van der Waals surface area (Å²) in [6.07, 6.45) is 0. The first-order valence-electron chi connectivity index (χ1n) is 6.03. The molecule has 0 bridgehead atoms. The van der Waals surface area contributed by atoms with Crippen molar-refractivity contribution in [3.05, 3.63) is 44.8 Å². The van der Waals surface area contributed by atoms with Gasteiger partial charge in [-0.15, -0.1) is 11.3 Å². The quantitative estimate of drug-likeness (QED) is 0.763. The second kappa shape index (κ2) is 5.92. The average Bonchev–Trinajstić information content (AvgIpc) is 2.85. The van der Waals surface area contributed by atoms with Gasteiger partial charge in [0.1, 0.15) is 5.82 Å². The number of benzene rings is 1. The fraction of sp³-hybridized carbons (Fsp3) is 0.286. The summed E-state index contributed by atoms with van der Waals surface area (Å²) in [4.78, 5) is 1.22. The van der Waals surface area contributed by atoms with Crippen molar-refractivity contribution in [1.29, 1.82) is 0 Å². The number of nitrogen functional groups attached to an aromatic ring is 1. The smallest absolute Gasteiger partial charge is 0.139 e. The van der Waals surface area contributed by atoms with Crippen molar-refractivity contribution in [2.24, 2.45) is 5.92 Å². The lowest BCUT2D eigenvalue weighted by Crippen LogP contribution is -2.16. The fourth-order valence-electron chi connectivity index (χ4n) is 1.89. The molecule has 1 unspecified atom stereocenters. The summed E-state index contributed by atoms with van der Waals surface area (Å²) in [5.41, 5.74) is 7.11. The van der Waals surface area contributed by atoms with Crippen LogP contribution in [-0.4, -0.2) is 0 Å². The van der Waals surface area contributed by atoms with Gasteiger partial charge in [-0.1, -0.05) is 19.9 Å². The van der Waals surface area contributed by atoms with Crippen molar-refractivity contribution in [2.45, 2.75) is 19.9 Å². The number of halogens is 2. The van der Waals surface area contributed by atoms with Crippen LogP contribution in [0, 0.1) is 11.7 Å². The van der Waals surface area contributed by atoms with Crippen LogP contribution in [0.1, 0.15) is 24.8 Å². The van der Waals surface area contributed by atoms with E-state index >= 15 is 0 Å². The summed E-state index contributed by atoms with van der Waals surface area (Å²) in [6.45, 7) is 4.26. The predicted molar refractivity (Wildman–Crippen MR) is 84.0 cm³/mol. The van der Waals surface area contributed by atoms with Crippen LogP contribution in [0.15, 0.2) is 34.1 Å². The van der Waals surface area contributed by atoms with Crippen molar-refractivity contribution in [3.63, 3.8) is 0 Å². The molecule has 0 saturated heterocycles. The molecule has 0 aliphatic heterocycles. The molecule has 1 aromatic heterocycles. The standard InChI is InChI=1S/C14H16BrFN2S/c1-8(2)14(13-4-3-5-19-13)18-12-7-10(16)9(15)6-11(12)17/h3-8,14,18H,17H2,1-2H3. The van der Waals surface area contributed by atoms with E-state index in [2.05, 4.69) is 41.2 Å². The minimum Gasteiger partial charge on any atom is -0.397 e. The molecule has 1 atom stereocenters. The number of rotatable bonds is 4. The summed E-state index contributed by atoms with van der Waals surface area (Å²) in [6, 6.07) is 7.24. The third-order valence-electron chi connectivity index (χ3n) is 2.92. The molecule has 0 aliphatic rings. The molecule has 102 valence electrons. The molecule has 3 N–H and O–H groups in total. The van der Waals surface area contributed by atoms with Gasteiger partial charge in [-0.25, -0.2) is 4.39 Å². The van der Waals surface area contributed by atoms with E-state index in [4.69, 9.17) is 5.73 Å². The topological polar surface area (TPSA) is 38.0 Å². The molecular formula is C14H16BrFN2S. The Morgan fingerprint density at radius 3 is 2.68 bits per heavy atom. The Bertz CT molecular complexity index is 555. The Balaban J connectivity index is 2.30. The Hall–Kier alpha value is -1.07. The third-order valence-corrected chi connectivity index (χ3v) is 4.48. The Kier molecular flexibility index (Phi) is 4.47. The van der Waals surface area contributed by atoms with Crippen LogP contribution in [0.25, 0.3) is 0 Å². The molecule has 0 saturated carbocycles. The average molecular weight is 343 g/mol. The molecule has 0 aliphatic carbocycles. The fourth-order valence-corrected chi connectivity index (χ4v) is 3.20. The normalized spacial score (nSPS) is 12.7. The Labute approximate surface area is 125 Å². The highest BCUT2D eigenvalue weighted by Crippen LogP contribution is 2.33. The van der Waals surface area contributed by atoms with Crippen LogP contribution >= 0.6 is 27.3 Å². The molecule has 19 heavy (non-hydrogen) atoms. The van der Waals surface area contributed by atoms with Crippen molar-refractivity contribution in [3.8, 4) is 0 Å². The predicted octanol–water partition coefficient (Wildman–Crippen LogP) is 5.04. The summed E-state index contributed by atoms with van der Waals surface area (Å²) in [5.74, 6) is 0.0649. The summed E-state index contributed by atoms with van der Waals surface area (Å²) >= 11 is 4.82. The number of hydrogen-bond acceptors (Lipinski definition) is 3. The highest BCUT2D eigenvalue weighted by atomic mass is 79.9.